The number of nitrogens with one attached hydrogen (secondary N) is 1. The number of carbonyl (C=O) groups is 1. The van der Waals surface area contributed by atoms with Gasteiger partial charge in [0.2, 0.25) is 5.91 Å². The number of halogens is 1. The van der Waals surface area contributed by atoms with Crippen molar-refractivity contribution in [2.24, 2.45) is 0 Å². The second-order valence-corrected chi connectivity index (χ2v) is 4.12. The van der Waals surface area contributed by atoms with Crippen LogP contribution in [0.5, 0.6) is 0 Å². The largest absolute Gasteiger partial charge is 0.325 e. The minimum Gasteiger partial charge on any atom is -0.325 e. The van der Waals surface area contributed by atoms with Gasteiger partial charge in [-0.25, -0.2) is 0 Å². The van der Waals surface area contributed by atoms with E-state index in [1.54, 1.807) is 24.3 Å². The van der Waals surface area contributed by atoms with E-state index in [0.717, 1.165) is 0 Å². The van der Waals surface area contributed by atoms with Crippen molar-refractivity contribution in [1.82, 2.24) is 0 Å². The SMILES string of the molecule is CC(=O)Nc1ccc2cccc([N+](=O)[O-])c2c1Cl. The Morgan fingerprint density at radius 1 is 1.33 bits per heavy atom. The number of non-ortho nitro benzene ring substituents is 1. The number of benzene rings is 2. The minimum atomic E-state index is -0.494. The molecule has 0 spiro atoms. The second kappa shape index (κ2) is 4.62. The van der Waals surface area contributed by atoms with Gasteiger partial charge in [0.05, 0.1) is 21.0 Å². The Kier molecular flexibility index (Phi) is 3.16. The average Bonchev–Trinajstić information content (AvgIpc) is 2.31. The molecule has 0 radical (unpaired) electrons. The third-order valence-electron chi connectivity index (χ3n) is 2.47. The van der Waals surface area contributed by atoms with Crippen molar-refractivity contribution in [1.29, 1.82) is 0 Å². The molecular weight excluding hydrogens is 256 g/mol. The van der Waals surface area contributed by atoms with Crippen molar-refractivity contribution in [2.75, 3.05) is 5.32 Å². The lowest BCUT2D eigenvalue weighted by Gasteiger charge is -2.08. The van der Waals surface area contributed by atoms with E-state index in [-0.39, 0.29) is 16.6 Å². The summed E-state index contributed by atoms with van der Waals surface area (Å²) >= 11 is 6.12. The van der Waals surface area contributed by atoms with Gasteiger partial charge in [-0.3, -0.25) is 14.9 Å². The molecule has 1 N–H and O–H groups in total. The van der Waals surface area contributed by atoms with Gasteiger partial charge in [0.25, 0.3) is 5.69 Å². The first-order valence-corrected chi connectivity index (χ1v) is 5.51. The van der Waals surface area contributed by atoms with E-state index in [1.807, 2.05) is 0 Å². The first kappa shape index (κ1) is 12.3. The van der Waals surface area contributed by atoms with Crippen LogP contribution in [-0.2, 0) is 4.79 Å². The van der Waals surface area contributed by atoms with Gasteiger partial charge in [-0.05, 0) is 11.5 Å². The summed E-state index contributed by atoms with van der Waals surface area (Å²) in [5.74, 6) is -0.283. The molecular formula is C12H9ClN2O3. The number of anilines is 1. The lowest BCUT2D eigenvalue weighted by molar-refractivity contribution is -0.383. The number of nitro benzene ring substituents is 1. The summed E-state index contributed by atoms with van der Waals surface area (Å²) in [7, 11) is 0. The van der Waals surface area contributed by atoms with Crippen molar-refractivity contribution >= 4 is 39.7 Å². The molecule has 0 saturated carbocycles. The summed E-state index contributed by atoms with van der Waals surface area (Å²) in [5.41, 5.74) is 0.288. The molecule has 6 heteroatoms. The van der Waals surface area contributed by atoms with Crippen molar-refractivity contribution in [2.45, 2.75) is 6.92 Å². The Morgan fingerprint density at radius 3 is 2.67 bits per heavy atom. The molecule has 1 amide bonds. The van der Waals surface area contributed by atoms with Gasteiger partial charge in [0.15, 0.2) is 0 Å². The molecule has 0 saturated heterocycles. The quantitative estimate of drug-likeness (QED) is 0.668. The number of fused-ring (bicyclic) bond motifs is 1. The summed E-state index contributed by atoms with van der Waals surface area (Å²) in [6, 6.07) is 8.00. The first-order valence-electron chi connectivity index (χ1n) is 5.14. The second-order valence-electron chi connectivity index (χ2n) is 3.74. The fraction of sp³-hybridized carbons (Fsp3) is 0.0833. The third-order valence-corrected chi connectivity index (χ3v) is 2.86. The molecule has 0 fully saturated rings. The van der Waals surface area contributed by atoms with Gasteiger partial charge in [-0.15, -0.1) is 0 Å². The maximum absolute atomic E-state index is 11.0. The molecule has 2 rings (SSSR count). The molecule has 0 aliphatic carbocycles. The summed E-state index contributed by atoms with van der Waals surface area (Å²) in [4.78, 5) is 21.5. The van der Waals surface area contributed by atoms with Crippen LogP contribution in [0.2, 0.25) is 5.02 Å². The Morgan fingerprint density at radius 2 is 2.06 bits per heavy atom. The molecule has 0 unspecified atom stereocenters. The Labute approximate surface area is 108 Å². The molecule has 5 nitrogen and oxygen atoms in total. The zero-order valence-corrected chi connectivity index (χ0v) is 10.2. The van der Waals surface area contributed by atoms with E-state index in [1.165, 1.54) is 13.0 Å². The highest BCUT2D eigenvalue weighted by molar-refractivity contribution is 6.39. The number of amides is 1. The van der Waals surface area contributed by atoms with E-state index >= 15 is 0 Å². The van der Waals surface area contributed by atoms with Gasteiger partial charge >= 0.3 is 0 Å². The molecule has 0 bridgehead atoms. The van der Waals surface area contributed by atoms with Gasteiger partial charge in [-0.2, -0.15) is 0 Å². The van der Waals surface area contributed by atoms with Crippen LogP contribution in [0.25, 0.3) is 10.8 Å². The summed E-state index contributed by atoms with van der Waals surface area (Å²) in [6.07, 6.45) is 0. The zero-order valence-electron chi connectivity index (χ0n) is 9.44. The van der Waals surface area contributed by atoms with Crippen LogP contribution in [0.4, 0.5) is 11.4 Å². The van der Waals surface area contributed by atoms with E-state index in [2.05, 4.69) is 5.32 Å². The van der Waals surface area contributed by atoms with E-state index < -0.39 is 4.92 Å². The van der Waals surface area contributed by atoms with E-state index in [4.69, 9.17) is 11.6 Å². The molecule has 2 aromatic carbocycles. The smallest absolute Gasteiger partial charge is 0.278 e. The Balaban J connectivity index is 2.75. The predicted octanol–water partition coefficient (Wildman–Crippen LogP) is 3.36. The highest BCUT2D eigenvalue weighted by atomic mass is 35.5. The molecule has 0 heterocycles. The van der Waals surface area contributed by atoms with Gasteiger partial charge in [0.1, 0.15) is 0 Å². The Bertz CT molecular complexity index is 655. The predicted molar refractivity (Wildman–Crippen MR) is 69.9 cm³/mol. The van der Waals surface area contributed by atoms with Crippen LogP contribution in [0, 0.1) is 10.1 Å². The van der Waals surface area contributed by atoms with Crippen molar-refractivity contribution < 1.29 is 9.72 Å². The highest BCUT2D eigenvalue weighted by Gasteiger charge is 2.17. The van der Waals surface area contributed by atoms with E-state index in [9.17, 15) is 14.9 Å². The number of rotatable bonds is 2. The topological polar surface area (TPSA) is 72.2 Å². The molecule has 0 aliphatic rings. The summed E-state index contributed by atoms with van der Waals surface area (Å²) in [6.45, 7) is 1.35. The van der Waals surface area contributed by atoms with Crippen LogP contribution < -0.4 is 5.32 Å². The summed E-state index contributed by atoms with van der Waals surface area (Å²) < 4.78 is 0. The maximum atomic E-state index is 11.0. The van der Waals surface area contributed by atoms with Crippen molar-refractivity contribution in [3.8, 4) is 0 Å². The van der Waals surface area contributed by atoms with Crippen LogP contribution in [0.15, 0.2) is 30.3 Å². The van der Waals surface area contributed by atoms with Crippen LogP contribution in [-0.4, -0.2) is 10.8 Å². The monoisotopic (exact) mass is 264 g/mol. The minimum absolute atomic E-state index is 0.0790. The average molecular weight is 265 g/mol. The van der Waals surface area contributed by atoms with Crippen LogP contribution >= 0.6 is 11.6 Å². The third kappa shape index (κ3) is 2.12. The van der Waals surface area contributed by atoms with Crippen LogP contribution in [0.3, 0.4) is 0 Å². The number of hydrogen-bond donors (Lipinski definition) is 1. The van der Waals surface area contributed by atoms with Gasteiger partial charge < -0.3 is 5.32 Å². The highest BCUT2D eigenvalue weighted by Crippen LogP contribution is 2.36. The number of carbonyl (C=O) groups excluding carboxylic acids is 1. The van der Waals surface area contributed by atoms with Gasteiger partial charge in [-0.1, -0.05) is 29.8 Å². The van der Waals surface area contributed by atoms with E-state index in [0.29, 0.717) is 16.5 Å². The fourth-order valence-corrected chi connectivity index (χ4v) is 2.07. The lowest BCUT2D eigenvalue weighted by Crippen LogP contribution is -2.06. The Hall–Kier alpha value is -2.14. The lowest BCUT2D eigenvalue weighted by atomic mass is 10.1. The number of hydrogen-bond acceptors (Lipinski definition) is 3. The first-order chi connectivity index (χ1) is 8.50. The molecule has 0 aromatic heterocycles. The van der Waals surface area contributed by atoms with Crippen molar-refractivity contribution in [3.05, 3.63) is 45.5 Å². The van der Waals surface area contributed by atoms with Gasteiger partial charge in [0, 0.05) is 13.0 Å². The number of nitrogens with zero attached hydrogens (tertiary/aromatic N) is 1. The normalized spacial score (nSPS) is 10.3. The standard InChI is InChI=1S/C12H9ClN2O3/c1-7(16)14-9-6-5-8-3-2-4-10(15(17)18)11(8)12(9)13/h2-6H,1H3,(H,14,16). The molecule has 2 aromatic rings. The molecule has 0 atom stereocenters. The molecule has 18 heavy (non-hydrogen) atoms. The zero-order chi connectivity index (χ0) is 13.3. The maximum Gasteiger partial charge on any atom is 0.278 e. The molecule has 0 aliphatic heterocycles. The van der Waals surface area contributed by atoms with Crippen molar-refractivity contribution in [3.63, 3.8) is 0 Å². The number of nitro groups is 1. The fourth-order valence-electron chi connectivity index (χ4n) is 1.75. The summed E-state index contributed by atoms with van der Waals surface area (Å²) in [5, 5.41) is 14.7. The van der Waals surface area contributed by atoms with Crippen LogP contribution in [0.1, 0.15) is 6.92 Å². The molecule has 92 valence electrons.